The van der Waals surface area contributed by atoms with E-state index in [1.165, 1.54) is 0 Å². The summed E-state index contributed by atoms with van der Waals surface area (Å²) in [6.45, 7) is 6.99. The SMILES string of the molecule is CC(C)(C)c1noc(C23CCC(CN(C(=O)CC45CC(F)(C4)C5)c4cccc(-c5noc(C6CC6)n5)c4)(CC2)CC3)n1. The second-order valence-electron chi connectivity index (χ2n) is 15.6. The zero-order valence-electron chi connectivity index (χ0n) is 24.9. The molecule has 2 heterocycles. The molecule has 7 fully saturated rings. The molecule has 0 spiro atoms. The van der Waals surface area contributed by atoms with Crippen molar-refractivity contribution in [3.8, 4) is 11.4 Å². The Hall–Kier alpha value is -3.10. The first-order valence-electron chi connectivity index (χ1n) is 15.8. The minimum atomic E-state index is -1.01. The summed E-state index contributed by atoms with van der Waals surface area (Å²) in [7, 11) is 0. The number of fused-ring (bicyclic) bond motifs is 3. The number of benzene rings is 1. The minimum Gasteiger partial charge on any atom is -0.339 e. The van der Waals surface area contributed by atoms with E-state index in [0.29, 0.717) is 49.9 Å². The van der Waals surface area contributed by atoms with E-state index in [4.69, 9.17) is 14.0 Å². The van der Waals surface area contributed by atoms with E-state index in [-0.39, 0.29) is 27.6 Å². The van der Waals surface area contributed by atoms with Crippen molar-refractivity contribution in [2.45, 2.75) is 120 Å². The smallest absolute Gasteiger partial charge is 0.232 e. The second kappa shape index (κ2) is 8.73. The number of halogens is 1. The maximum Gasteiger partial charge on any atom is 0.232 e. The van der Waals surface area contributed by atoms with Crippen LogP contribution in [0.4, 0.5) is 10.1 Å². The average molecular weight is 574 g/mol. The highest BCUT2D eigenvalue weighted by Gasteiger charge is 2.69. The summed E-state index contributed by atoms with van der Waals surface area (Å²) in [6.07, 6.45) is 10.2. The second-order valence-corrected chi connectivity index (χ2v) is 15.6. The summed E-state index contributed by atoms with van der Waals surface area (Å²) in [5.74, 6) is 3.31. The molecule has 42 heavy (non-hydrogen) atoms. The van der Waals surface area contributed by atoms with Gasteiger partial charge in [-0.25, -0.2) is 4.39 Å². The Morgan fingerprint density at radius 1 is 0.976 bits per heavy atom. The third-order valence-corrected chi connectivity index (χ3v) is 11.1. The molecule has 3 aromatic rings. The van der Waals surface area contributed by atoms with E-state index in [1.807, 2.05) is 29.2 Å². The summed E-state index contributed by atoms with van der Waals surface area (Å²) < 4.78 is 25.7. The van der Waals surface area contributed by atoms with Gasteiger partial charge in [-0.1, -0.05) is 43.2 Å². The van der Waals surface area contributed by atoms with Crippen LogP contribution < -0.4 is 4.90 Å². The van der Waals surface area contributed by atoms with Gasteiger partial charge in [-0.2, -0.15) is 9.97 Å². The molecule has 9 heteroatoms. The molecular weight excluding hydrogens is 533 g/mol. The molecule has 1 aromatic carbocycles. The molecule has 7 saturated carbocycles. The molecule has 8 nitrogen and oxygen atoms in total. The van der Waals surface area contributed by atoms with Gasteiger partial charge in [0.15, 0.2) is 5.82 Å². The molecule has 0 N–H and O–H groups in total. The fraction of sp³-hybridized carbons (Fsp3) is 0.667. The average Bonchev–Trinajstić information content (AvgIpc) is 3.43. The lowest BCUT2D eigenvalue weighted by Gasteiger charge is -2.66. The van der Waals surface area contributed by atoms with Crippen molar-refractivity contribution in [2.24, 2.45) is 10.8 Å². The first kappa shape index (κ1) is 26.5. The normalized spacial score (nSPS) is 33.2. The maximum atomic E-state index is 14.4. The van der Waals surface area contributed by atoms with Crippen LogP contribution in [0.3, 0.4) is 0 Å². The van der Waals surface area contributed by atoms with Crippen molar-refractivity contribution in [1.82, 2.24) is 20.3 Å². The Balaban J connectivity index is 1.05. The van der Waals surface area contributed by atoms with Crippen molar-refractivity contribution in [2.75, 3.05) is 11.4 Å². The van der Waals surface area contributed by atoms with Gasteiger partial charge in [-0.15, -0.1) is 0 Å². The maximum absolute atomic E-state index is 14.4. The Kier molecular flexibility index (Phi) is 5.51. The number of rotatable bonds is 8. The molecule has 222 valence electrons. The van der Waals surface area contributed by atoms with E-state index < -0.39 is 5.67 Å². The highest BCUT2D eigenvalue weighted by atomic mass is 19.1. The molecule has 0 unspecified atom stereocenters. The largest absolute Gasteiger partial charge is 0.339 e. The van der Waals surface area contributed by atoms with E-state index in [2.05, 4.69) is 36.1 Å². The zero-order valence-corrected chi connectivity index (χ0v) is 24.9. The molecule has 0 aliphatic heterocycles. The minimum absolute atomic E-state index is 0.0340. The third-order valence-electron chi connectivity index (χ3n) is 11.1. The molecule has 2 aromatic heterocycles. The number of carbonyl (C=O) groups is 1. The molecule has 0 saturated heterocycles. The van der Waals surface area contributed by atoms with E-state index in [9.17, 15) is 9.18 Å². The van der Waals surface area contributed by atoms with E-state index in [0.717, 1.165) is 74.3 Å². The van der Waals surface area contributed by atoms with Gasteiger partial charge in [0.25, 0.3) is 0 Å². The molecular formula is C33H40FN5O3. The Bertz CT molecular complexity index is 1500. The van der Waals surface area contributed by atoms with Gasteiger partial charge in [0, 0.05) is 41.0 Å². The molecule has 0 radical (unpaired) electrons. The molecule has 7 aliphatic rings. The van der Waals surface area contributed by atoms with Crippen LogP contribution in [-0.2, 0) is 15.6 Å². The first-order valence-corrected chi connectivity index (χ1v) is 15.8. The van der Waals surface area contributed by atoms with Crippen LogP contribution in [0.15, 0.2) is 33.3 Å². The number of hydrogen-bond acceptors (Lipinski definition) is 7. The predicted molar refractivity (Wildman–Crippen MR) is 154 cm³/mol. The lowest BCUT2D eigenvalue weighted by atomic mass is 9.41. The summed E-state index contributed by atoms with van der Waals surface area (Å²) in [5.41, 5.74) is 0.370. The zero-order chi connectivity index (χ0) is 29.0. The molecule has 7 aliphatic carbocycles. The van der Waals surface area contributed by atoms with Crippen molar-refractivity contribution in [1.29, 1.82) is 0 Å². The number of anilines is 1. The van der Waals surface area contributed by atoms with Gasteiger partial charge in [0.05, 0.1) is 0 Å². The fourth-order valence-corrected chi connectivity index (χ4v) is 8.35. The first-order chi connectivity index (χ1) is 20.0. The Labute approximate surface area is 245 Å². The Morgan fingerprint density at radius 2 is 1.69 bits per heavy atom. The number of alkyl halides is 1. The van der Waals surface area contributed by atoms with E-state index in [1.54, 1.807) is 0 Å². The van der Waals surface area contributed by atoms with Crippen LogP contribution in [0.1, 0.15) is 121 Å². The number of aromatic nitrogens is 4. The summed E-state index contributed by atoms with van der Waals surface area (Å²) in [5, 5.41) is 8.57. The lowest BCUT2D eigenvalue weighted by molar-refractivity contribution is -0.215. The van der Waals surface area contributed by atoms with Crippen molar-refractivity contribution in [3.05, 3.63) is 41.9 Å². The molecule has 0 atom stereocenters. The predicted octanol–water partition coefficient (Wildman–Crippen LogP) is 7.20. The summed E-state index contributed by atoms with van der Waals surface area (Å²) in [4.78, 5) is 25.6. The van der Waals surface area contributed by atoms with Gasteiger partial charge >= 0.3 is 0 Å². The Morgan fingerprint density at radius 3 is 2.31 bits per heavy atom. The monoisotopic (exact) mass is 573 g/mol. The van der Waals surface area contributed by atoms with Crippen LogP contribution in [-0.4, -0.2) is 38.4 Å². The van der Waals surface area contributed by atoms with Gasteiger partial charge in [-0.3, -0.25) is 4.79 Å². The highest BCUT2D eigenvalue weighted by molar-refractivity contribution is 5.94. The molecule has 4 bridgehead atoms. The fourth-order valence-electron chi connectivity index (χ4n) is 8.35. The topological polar surface area (TPSA) is 98.2 Å². The standard InChI is InChI=1S/C33H40FN5O3/c1-29(2,3)27-36-28(42-38-27)32-12-9-30(10-13-32,11-14-32)20-39(24(40)16-31-17-33(34,18-31)19-31)23-6-4-5-22(15-23)25-35-26(41-37-25)21-7-8-21/h4-6,15,21H,7-14,16-20H2,1-3H3. The number of amides is 1. The number of carbonyl (C=O) groups excluding carboxylic acids is 1. The number of hydrogen-bond donors (Lipinski definition) is 0. The number of nitrogens with zero attached hydrogens (tertiary/aromatic N) is 5. The van der Waals surface area contributed by atoms with Crippen LogP contribution in [0.5, 0.6) is 0 Å². The highest BCUT2D eigenvalue weighted by Crippen LogP contribution is 2.71. The lowest BCUT2D eigenvalue weighted by Crippen LogP contribution is -2.65. The van der Waals surface area contributed by atoms with Crippen LogP contribution >= 0.6 is 0 Å². The van der Waals surface area contributed by atoms with Crippen LogP contribution in [0.2, 0.25) is 0 Å². The quantitative estimate of drug-likeness (QED) is 0.281. The van der Waals surface area contributed by atoms with Gasteiger partial charge in [0.2, 0.25) is 23.5 Å². The summed E-state index contributed by atoms with van der Waals surface area (Å²) in [6, 6.07) is 7.99. The molecule has 10 rings (SSSR count). The molecule has 1 amide bonds. The van der Waals surface area contributed by atoms with Gasteiger partial charge in [0.1, 0.15) is 5.67 Å². The van der Waals surface area contributed by atoms with Crippen LogP contribution in [0, 0.1) is 10.8 Å². The van der Waals surface area contributed by atoms with Crippen LogP contribution in [0.25, 0.3) is 11.4 Å². The van der Waals surface area contributed by atoms with Gasteiger partial charge in [-0.05, 0) is 93.6 Å². The third kappa shape index (κ3) is 4.32. The van der Waals surface area contributed by atoms with Crippen molar-refractivity contribution >= 4 is 11.6 Å². The van der Waals surface area contributed by atoms with Crippen molar-refractivity contribution in [3.63, 3.8) is 0 Å². The van der Waals surface area contributed by atoms with E-state index >= 15 is 0 Å². The van der Waals surface area contributed by atoms with Gasteiger partial charge < -0.3 is 13.9 Å². The van der Waals surface area contributed by atoms with Crippen molar-refractivity contribution < 1.29 is 18.2 Å². The summed E-state index contributed by atoms with van der Waals surface area (Å²) >= 11 is 0.